The van der Waals surface area contributed by atoms with Crippen molar-refractivity contribution in [1.82, 2.24) is 0 Å². The molecule has 0 aromatic heterocycles. The third-order valence-corrected chi connectivity index (χ3v) is 3.02. The highest BCUT2D eigenvalue weighted by Gasteiger charge is 2.53. The van der Waals surface area contributed by atoms with E-state index in [0.29, 0.717) is 0 Å². The van der Waals surface area contributed by atoms with Gasteiger partial charge in [0.2, 0.25) is 0 Å². The highest BCUT2D eigenvalue weighted by Crippen LogP contribution is 2.38. The normalized spacial score (nSPS) is 28.2. The lowest BCUT2D eigenvalue weighted by Crippen LogP contribution is -2.50. The van der Waals surface area contributed by atoms with Crippen LogP contribution in [0.25, 0.3) is 0 Å². The van der Waals surface area contributed by atoms with Gasteiger partial charge in [-0.1, -0.05) is 0 Å². The molecule has 16 heavy (non-hydrogen) atoms. The summed E-state index contributed by atoms with van der Waals surface area (Å²) in [6.45, 7) is 0. The molecule has 92 valence electrons. The summed E-state index contributed by atoms with van der Waals surface area (Å²) in [6, 6.07) is 0. The summed E-state index contributed by atoms with van der Waals surface area (Å²) in [7, 11) is 2.34. The summed E-state index contributed by atoms with van der Waals surface area (Å²) in [6.07, 6.45) is -1.93. The number of carbonyl (C=O) groups is 2. The zero-order chi connectivity index (χ0) is 12.3. The number of carbonyl (C=O) groups excluding carboxylic acids is 2. The fourth-order valence-corrected chi connectivity index (χ4v) is 2.03. The molecule has 0 amide bonds. The third-order valence-electron chi connectivity index (χ3n) is 3.02. The minimum atomic E-state index is -1.48. The van der Waals surface area contributed by atoms with Gasteiger partial charge in [0.15, 0.2) is 5.41 Å². The number of rotatable bonds is 2. The van der Waals surface area contributed by atoms with E-state index in [0.717, 1.165) is 0 Å². The molecule has 6 nitrogen and oxygen atoms in total. The van der Waals surface area contributed by atoms with Gasteiger partial charge in [-0.25, -0.2) is 0 Å². The summed E-state index contributed by atoms with van der Waals surface area (Å²) in [5.41, 5.74) is -1.48. The van der Waals surface area contributed by atoms with Crippen LogP contribution in [0.1, 0.15) is 19.3 Å². The Hall–Kier alpha value is -1.14. The maximum atomic E-state index is 11.6. The van der Waals surface area contributed by atoms with Gasteiger partial charge >= 0.3 is 11.9 Å². The van der Waals surface area contributed by atoms with Crippen molar-refractivity contribution in [3.8, 4) is 0 Å². The van der Waals surface area contributed by atoms with Crippen molar-refractivity contribution in [2.45, 2.75) is 31.5 Å². The summed E-state index contributed by atoms with van der Waals surface area (Å²) in [4.78, 5) is 23.3. The molecule has 2 unspecified atom stereocenters. The SMILES string of the molecule is COC(=O)C1(C(=O)OC)CCC(O)C(O)C1. The first-order valence-corrected chi connectivity index (χ1v) is 5.01. The maximum absolute atomic E-state index is 11.6. The van der Waals surface area contributed by atoms with Crippen LogP contribution in [-0.2, 0) is 19.1 Å². The van der Waals surface area contributed by atoms with Crippen molar-refractivity contribution in [3.63, 3.8) is 0 Å². The van der Waals surface area contributed by atoms with Gasteiger partial charge in [-0.05, 0) is 12.8 Å². The number of ether oxygens (including phenoxy) is 2. The Morgan fingerprint density at radius 2 is 1.62 bits per heavy atom. The Morgan fingerprint density at radius 3 is 2.00 bits per heavy atom. The molecule has 1 aliphatic rings. The lowest BCUT2D eigenvalue weighted by atomic mass is 9.72. The molecule has 0 spiro atoms. The minimum absolute atomic E-state index is 0.116. The van der Waals surface area contributed by atoms with Crippen molar-refractivity contribution in [1.29, 1.82) is 0 Å². The molecule has 6 heteroatoms. The summed E-state index contributed by atoms with van der Waals surface area (Å²) in [5, 5.41) is 18.9. The lowest BCUT2D eigenvalue weighted by Gasteiger charge is -2.36. The number of methoxy groups -OCH3 is 2. The molecule has 1 fully saturated rings. The van der Waals surface area contributed by atoms with E-state index in [-0.39, 0.29) is 19.3 Å². The fraction of sp³-hybridized carbons (Fsp3) is 0.800. The number of esters is 2. The first-order chi connectivity index (χ1) is 7.47. The van der Waals surface area contributed by atoms with E-state index in [4.69, 9.17) is 0 Å². The van der Waals surface area contributed by atoms with E-state index in [9.17, 15) is 19.8 Å². The highest BCUT2D eigenvalue weighted by atomic mass is 16.5. The van der Waals surface area contributed by atoms with Crippen LogP contribution in [0.15, 0.2) is 0 Å². The van der Waals surface area contributed by atoms with E-state index in [1.165, 1.54) is 14.2 Å². The first kappa shape index (κ1) is 12.9. The third kappa shape index (κ3) is 2.03. The van der Waals surface area contributed by atoms with Gasteiger partial charge in [-0.2, -0.15) is 0 Å². The van der Waals surface area contributed by atoms with Crippen LogP contribution in [0.2, 0.25) is 0 Å². The van der Waals surface area contributed by atoms with Crippen molar-refractivity contribution >= 4 is 11.9 Å². The molecule has 0 radical (unpaired) electrons. The van der Waals surface area contributed by atoms with Crippen molar-refractivity contribution in [3.05, 3.63) is 0 Å². The second kappa shape index (κ2) is 4.80. The van der Waals surface area contributed by atoms with E-state index < -0.39 is 29.6 Å². The quantitative estimate of drug-likeness (QED) is 0.479. The lowest BCUT2D eigenvalue weighted by molar-refractivity contribution is -0.178. The van der Waals surface area contributed by atoms with Gasteiger partial charge in [-0.3, -0.25) is 9.59 Å². The van der Waals surface area contributed by atoms with Crippen molar-refractivity contribution in [2.75, 3.05) is 14.2 Å². The van der Waals surface area contributed by atoms with Crippen LogP contribution in [0.5, 0.6) is 0 Å². The molecule has 1 rings (SSSR count). The second-order valence-electron chi connectivity index (χ2n) is 3.94. The van der Waals surface area contributed by atoms with Crippen LogP contribution in [0.3, 0.4) is 0 Å². The van der Waals surface area contributed by atoms with E-state index >= 15 is 0 Å². The molecule has 0 bridgehead atoms. The van der Waals surface area contributed by atoms with E-state index in [1.54, 1.807) is 0 Å². The predicted molar refractivity (Wildman–Crippen MR) is 52.3 cm³/mol. The average molecular weight is 232 g/mol. The number of aliphatic hydroxyl groups is 2. The number of aliphatic hydroxyl groups excluding tert-OH is 2. The van der Waals surface area contributed by atoms with Crippen LogP contribution < -0.4 is 0 Å². The fourth-order valence-electron chi connectivity index (χ4n) is 2.03. The average Bonchev–Trinajstić information content (AvgIpc) is 2.30. The first-order valence-electron chi connectivity index (χ1n) is 5.01. The molecular formula is C10H16O6. The molecular weight excluding hydrogens is 216 g/mol. The van der Waals surface area contributed by atoms with Crippen LogP contribution in [-0.4, -0.2) is 48.6 Å². The molecule has 0 aromatic rings. The summed E-state index contributed by atoms with van der Waals surface area (Å²) in [5.74, 6) is -1.46. The molecule has 0 aliphatic heterocycles. The zero-order valence-electron chi connectivity index (χ0n) is 9.30. The van der Waals surface area contributed by atoms with Gasteiger partial charge in [0.1, 0.15) is 0 Å². The Labute approximate surface area is 93.2 Å². The summed E-state index contributed by atoms with van der Waals surface area (Å²) < 4.78 is 9.13. The van der Waals surface area contributed by atoms with Crippen LogP contribution >= 0.6 is 0 Å². The topological polar surface area (TPSA) is 93.1 Å². The smallest absolute Gasteiger partial charge is 0.323 e. The summed E-state index contributed by atoms with van der Waals surface area (Å²) >= 11 is 0. The molecule has 2 N–H and O–H groups in total. The van der Waals surface area contributed by atoms with Gasteiger partial charge in [0, 0.05) is 6.42 Å². The monoisotopic (exact) mass is 232 g/mol. The zero-order valence-corrected chi connectivity index (χ0v) is 9.30. The van der Waals surface area contributed by atoms with Crippen LogP contribution in [0, 0.1) is 5.41 Å². The van der Waals surface area contributed by atoms with Gasteiger partial charge in [0.05, 0.1) is 26.4 Å². The van der Waals surface area contributed by atoms with Gasteiger partial charge in [0.25, 0.3) is 0 Å². The van der Waals surface area contributed by atoms with Gasteiger partial charge < -0.3 is 19.7 Å². The Kier molecular flexibility index (Phi) is 3.88. The standard InChI is InChI=1S/C10H16O6/c1-15-8(13)10(9(14)16-2)4-3-6(11)7(12)5-10/h6-7,11-12H,3-5H2,1-2H3. The largest absolute Gasteiger partial charge is 0.468 e. The van der Waals surface area contributed by atoms with Crippen molar-refractivity contribution in [2.24, 2.45) is 5.41 Å². The second-order valence-corrected chi connectivity index (χ2v) is 3.94. The Bertz CT molecular complexity index is 271. The van der Waals surface area contributed by atoms with E-state index in [2.05, 4.69) is 9.47 Å². The Morgan fingerprint density at radius 1 is 1.12 bits per heavy atom. The highest BCUT2D eigenvalue weighted by molar-refractivity contribution is 6.00. The van der Waals surface area contributed by atoms with Gasteiger partial charge in [-0.15, -0.1) is 0 Å². The Balaban J connectivity index is 2.97. The number of hydrogen-bond donors (Lipinski definition) is 2. The maximum Gasteiger partial charge on any atom is 0.323 e. The number of hydrogen-bond acceptors (Lipinski definition) is 6. The minimum Gasteiger partial charge on any atom is -0.468 e. The molecule has 0 heterocycles. The molecule has 0 aromatic carbocycles. The molecule has 1 aliphatic carbocycles. The predicted octanol–water partition coefficient (Wildman–Crippen LogP) is -0.776. The van der Waals surface area contributed by atoms with Crippen molar-refractivity contribution < 1.29 is 29.3 Å². The molecule has 2 atom stereocenters. The van der Waals surface area contributed by atoms with Crippen LogP contribution in [0.4, 0.5) is 0 Å². The van der Waals surface area contributed by atoms with E-state index in [1.807, 2.05) is 0 Å². The molecule has 1 saturated carbocycles. The molecule has 0 saturated heterocycles.